The van der Waals surface area contributed by atoms with Gasteiger partial charge in [-0.25, -0.2) is 4.98 Å². The van der Waals surface area contributed by atoms with E-state index in [4.69, 9.17) is 10.5 Å². The van der Waals surface area contributed by atoms with Crippen LogP contribution in [0.25, 0.3) is 0 Å². The summed E-state index contributed by atoms with van der Waals surface area (Å²) in [6.07, 6.45) is 6.90. The van der Waals surface area contributed by atoms with Crippen molar-refractivity contribution in [2.75, 3.05) is 84.2 Å². The van der Waals surface area contributed by atoms with Crippen LogP contribution in [0.1, 0.15) is 30.2 Å². The third kappa shape index (κ3) is 29.1. The van der Waals surface area contributed by atoms with E-state index in [0.29, 0.717) is 28.0 Å². The van der Waals surface area contributed by atoms with Gasteiger partial charge in [-0.1, -0.05) is 0 Å². The Morgan fingerprint density at radius 3 is 1.82 bits per heavy atom. The predicted molar refractivity (Wildman–Crippen MR) is 233 cm³/mol. The summed E-state index contributed by atoms with van der Waals surface area (Å²) in [6, 6.07) is 0. The van der Waals surface area contributed by atoms with Crippen molar-refractivity contribution >= 4 is 134 Å². The molecule has 7 N–H and O–H groups in total. The lowest BCUT2D eigenvalue weighted by Gasteiger charge is -2.11. The molecule has 0 aromatic carbocycles. The summed E-state index contributed by atoms with van der Waals surface area (Å²) < 4.78 is 7.44. The standard InChI is InChI=1S/C7H8N2OS.C6H9BrO2.C5H9NS2.C4H8N2S.2C4H7NOS.ClH.H3N/c10-4-6-3-9-1-2-11-5-7(9)8-6;1-5(2)9-4-6(7)3-8;1-7-5-4-8-3-2-6-5;5-4-3-7-2-1-6-4;2*6-4-3-7-2-1-5-4;;/h3-4H,1-2,5H2;3-5H,1-2H3;2-4H2,1H3;1-3H2,(H2,5,6);2*1-3H2,(H,5,6);1H;1H3/b;6-4-;;;;;;. The number of ether oxygens (including phenoxy) is 1. The van der Waals surface area contributed by atoms with E-state index in [-0.39, 0.29) is 36.5 Å². The van der Waals surface area contributed by atoms with Crippen molar-refractivity contribution in [3.05, 3.63) is 28.5 Å². The van der Waals surface area contributed by atoms with Gasteiger partial charge in [0, 0.05) is 66.9 Å². The molecule has 0 bridgehead atoms. The van der Waals surface area contributed by atoms with E-state index in [1.807, 2.05) is 55.3 Å². The molecule has 5 aliphatic heterocycles. The maximum absolute atomic E-state index is 10.3. The largest absolute Gasteiger partial charge is 0.497 e. The molecule has 1 aromatic heterocycles. The molecule has 2 saturated heterocycles. The van der Waals surface area contributed by atoms with Crippen LogP contribution in [0.15, 0.2) is 26.9 Å². The summed E-state index contributed by atoms with van der Waals surface area (Å²) in [5.74, 6) is 12.1. The molecule has 2 amide bonds. The minimum absolute atomic E-state index is 0. The van der Waals surface area contributed by atoms with Gasteiger partial charge < -0.3 is 31.8 Å². The lowest BCUT2D eigenvalue weighted by molar-refractivity contribution is -0.119. The second-order valence-corrected chi connectivity index (χ2v) is 17.3. The molecule has 21 heteroatoms. The number of aryl methyl sites for hydroxylation is 1. The molecule has 2 fully saturated rings. The second-order valence-electron chi connectivity index (χ2n) is 10.0. The van der Waals surface area contributed by atoms with Crippen LogP contribution in [-0.4, -0.2) is 135 Å². The van der Waals surface area contributed by atoms with Crippen molar-refractivity contribution in [3.8, 4) is 0 Å². The number of thioether (sulfide) groups is 6. The Morgan fingerprint density at radius 2 is 1.49 bits per heavy atom. The Kier molecular flexibility index (Phi) is 35.5. The van der Waals surface area contributed by atoms with Crippen LogP contribution in [0.5, 0.6) is 0 Å². The molecule has 0 unspecified atom stereocenters. The van der Waals surface area contributed by atoms with Gasteiger partial charge in [0.05, 0.1) is 45.2 Å². The number of allylic oxidation sites excluding steroid dienone is 1. The van der Waals surface area contributed by atoms with Crippen LogP contribution in [0, 0.1) is 0 Å². The van der Waals surface area contributed by atoms with Crippen LogP contribution < -0.4 is 22.5 Å². The van der Waals surface area contributed by atoms with Gasteiger partial charge in [0.25, 0.3) is 0 Å². The van der Waals surface area contributed by atoms with E-state index in [9.17, 15) is 19.2 Å². The van der Waals surface area contributed by atoms with E-state index in [2.05, 4.69) is 52.4 Å². The normalized spacial score (nSPS) is 17.5. The lowest BCUT2D eigenvalue weighted by Crippen LogP contribution is -2.31. The molecule has 0 radical (unpaired) electrons. The van der Waals surface area contributed by atoms with Gasteiger partial charge in [-0.15, -0.1) is 24.2 Å². The summed E-state index contributed by atoms with van der Waals surface area (Å²) in [4.78, 5) is 53.4. The van der Waals surface area contributed by atoms with E-state index < -0.39 is 0 Å². The second kappa shape index (κ2) is 34.7. The summed E-state index contributed by atoms with van der Waals surface area (Å²) in [6.45, 7) is 8.41. The third-order valence-electron chi connectivity index (χ3n) is 5.66. The average Bonchev–Trinajstić information content (AvgIpc) is 3.57. The Labute approximate surface area is 342 Å². The highest BCUT2D eigenvalue weighted by atomic mass is 79.9. The zero-order valence-electron chi connectivity index (χ0n) is 29.3. The quantitative estimate of drug-likeness (QED) is 0.185. The van der Waals surface area contributed by atoms with Gasteiger partial charge in [0.1, 0.15) is 23.6 Å². The van der Waals surface area contributed by atoms with E-state index in [0.717, 1.165) is 90.9 Å². The number of aldehydes is 2. The SMILES string of the molecule is CC(C)O/C=C(\Br)C=O.CSC1=NCCSC1.Cl.N.NC1=NCCSC1.O=C1CSCCN1.O=C1CSCCN1.O=Cc1cn2c(n1)CSCC2. The highest BCUT2D eigenvalue weighted by Gasteiger charge is 2.11. The number of rotatable bonds is 4. The molecule has 0 spiro atoms. The van der Waals surface area contributed by atoms with Crippen molar-refractivity contribution in [3.63, 3.8) is 0 Å². The fourth-order valence-corrected chi connectivity index (χ4v) is 7.98. The number of imidazole rings is 1. The van der Waals surface area contributed by atoms with Crippen LogP contribution in [0.3, 0.4) is 0 Å². The number of hydrogen-bond acceptors (Lipinski definition) is 16. The minimum Gasteiger partial charge on any atom is -0.497 e. The number of aromatic nitrogens is 2. The first kappa shape index (κ1) is 52.1. The summed E-state index contributed by atoms with van der Waals surface area (Å²) in [7, 11) is 0. The molecule has 0 atom stereocenters. The van der Waals surface area contributed by atoms with Gasteiger partial charge in [-0.05, 0) is 36.0 Å². The summed E-state index contributed by atoms with van der Waals surface area (Å²) in [5.41, 5.74) is 5.92. The van der Waals surface area contributed by atoms with Gasteiger partial charge >= 0.3 is 0 Å². The number of amides is 2. The number of hydrogen-bond donors (Lipinski definition) is 4. The summed E-state index contributed by atoms with van der Waals surface area (Å²) in [5, 5.41) is 6.75. The first-order valence-electron chi connectivity index (χ1n) is 15.4. The number of amidine groups is 1. The van der Waals surface area contributed by atoms with E-state index in [1.165, 1.54) is 17.1 Å². The Morgan fingerprint density at radius 1 is 0.922 bits per heavy atom. The van der Waals surface area contributed by atoms with Crippen LogP contribution in [0.2, 0.25) is 0 Å². The van der Waals surface area contributed by atoms with Gasteiger partial charge in [-0.2, -0.15) is 58.8 Å². The monoisotopic (exact) mass is 910 g/mol. The fourth-order valence-electron chi connectivity index (χ4n) is 3.39. The number of fused-ring (bicyclic) bond motifs is 1. The zero-order valence-corrected chi connectivity index (χ0v) is 36.6. The highest BCUT2D eigenvalue weighted by molar-refractivity contribution is 9.12. The number of nitrogens with one attached hydrogen (secondary N) is 2. The van der Waals surface area contributed by atoms with Crippen molar-refractivity contribution in [1.82, 2.24) is 26.3 Å². The van der Waals surface area contributed by atoms with E-state index >= 15 is 0 Å². The molecule has 0 saturated carbocycles. The third-order valence-corrected chi connectivity index (χ3v) is 11.7. The van der Waals surface area contributed by atoms with E-state index in [1.54, 1.807) is 35.3 Å². The average molecular weight is 913 g/mol. The van der Waals surface area contributed by atoms with Crippen LogP contribution >= 0.6 is 98.9 Å². The highest BCUT2D eigenvalue weighted by Crippen LogP contribution is 2.18. The minimum atomic E-state index is 0. The number of nitrogens with two attached hydrogens (primary N) is 1. The number of carbonyl (C=O) groups is 4. The Bertz CT molecular complexity index is 1170. The molecule has 51 heavy (non-hydrogen) atoms. The first-order chi connectivity index (χ1) is 23.7. The van der Waals surface area contributed by atoms with Gasteiger partial charge in [0.2, 0.25) is 11.8 Å². The lowest BCUT2D eigenvalue weighted by atomic mass is 10.5. The van der Waals surface area contributed by atoms with Crippen LogP contribution in [0.4, 0.5) is 0 Å². The molecular weight excluding hydrogens is 860 g/mol. The maximum Gasteiger partial charge on any atom is 0.230 e. The van der Waals surface area contributed by atoms with Crippen molar-refractivity contribution in [2.24, 2.45) is 15.7 Å². The number of halogens is 2. The Hall–Kier alpha value is -1.00. The zero-order chi connectivity index (χ0) is 36.1. The molecule has 0 aliphatic carbocycles. The van der Waals surface area contributed by atoms with Crippen molar-refractivity contribution < 1.29 is 23.9 Å². The summed E-state index contributed by atoms with van der Waals surface area (Å²) >= 11 is 13.8. The Balaban J connectivity index is 0. The van der Waals surface area contributed by atoms with Gasteiger partial charge in [-0.3, -0.25) is 29.2 Å². The van der Waals surface area contributed by atoms with Crippen molar-refractivity contribution in [1.29, 1.82) is 0 Å². The van der Waals surface area contributed by atoms with Crippen molar-refractivity contribution in [2.45, 2.75) is 32.2 Å². The molecule has 13 nitrogen and oxygen atoms in total. The van der Waals surface area contributed by atoms with Gasteiger partial charge in [0.15, 0.2) is 12.6 Å². The molecule has 6 heterocycles. The van der Waals surface area contributed by atoms with Crippen LogP contribution in [-0.2, 0) is 31.4 Å². The molecular formula is C30H52BrClN8O5S6. The molecule has 5 aliphatic rings. The first-order valence-corrected chi connectivity index (χ1v) is 23.2. The number of nitrogens with zero attached hydrogens (tertiary/aromatic N) is 4. The predicted octanol–water partition coefficient (Wildman–Crippen LogP) is 4.66. The molecule has 292 valence electrons. The smallest absolute Gasteiger partial charge is 0.230 e. The molecule has 6 rings (SSSR count). The number of aliphatic imine (C=N–C) groups is 2. The molecule has 1 aromatic rings. The topological polar surface area (TPSA) is 205 Å². The fraction of sp³-hybridized carbons (Fsp3) is 0.633. The number of carbonyl (C=O) groups excluding carboxylic acids is 4. The maximum atomic E-state index is 10.3.